The SMILES string of the molecule is CCSC1=C(O)CC(c2ccccc2)OC1=O. The third-order valence-corrected chi connectivity index (χ3v) is 3.52. The zero-order valence-corrected chi connectivity index (χ0v) is 10.4. The molecule has 1 aliphatic rings. The standard InChI is InChI=1S/C13H14O3S/c1-2-17-12-10(14)8-11(16-13(12)15)9-6-4-3-5-7-9/h3-7,11,14H,2,8H2,1H3. The molecular formula is C13H14O3S. The zero-order chi connectivity index (χ0) is 12.3. The number of thioether (sulfide) groups is 1. The topological polar surface area (TPSA) is 46.5 Å². The number of esters is 1. The van der Waals surface area contributed by atoms with Gasteiger partial charge in [-0.1, -0.05) is 37.3 Å². The summed E-state index contributed by atoms with van der Waals surface area (Å²) in [6.07, 6.45) is -0.0112. The van der Waals surface area contributed by atoms with Crippen LogP contribution in [0, 0.1) is 0 Å². The van der Waals surface area contributed by atoms with Gasteiger partial charge in [0, 0.05) is 6.42 Å². The van der Waals surface area contributed by atoms with Crippen molar-refractivity contribution in [1.82, 2.24) is 0 Å². The minimum Gasteiger partial charge on any atom is -0.511 e. The number of aliphatic hydroxyl groups is 1. The number of aliphatic hydroxyl groups excluding tert-OH is 1. The molecule has 1 aromatic rings. The average Bonchev–Trinajstić information content (AvgIpc) is 2.35. The maximum absolute atomic E-state index is 11.7. The summed E-state index contributed by atoms with van der Waals surface area (Å²) in [5, 5.41) is 9.86. The van der Waals surface area contributed by atoms with Crippen LogP contribution in [0.5, 0.6) is 0 Å². The van der Waals surface area contributed by atoms with Gasteiger partial charge in [0.1, 0.15) is 16.8 Å². The van der Waals surface area contributed by atoms with E-state index in [0.717, 1.165) is 11.3 Å². The van der Waals surface area contributed by atoms with Gasteiger partial charge >= 0.3 is 5.97 Å². The van der Waals surface area contributed by atoms with E-state index in [1.54, 1.807) is 0 Å². The highest BCUT2D eigenvalue weighted by atomic mass is 32.2. The average molecular weight is 250 g/mol. The summed E-state index contributed by atoms with van der Waals surface area (Å²) >= 11 is 1.32. The molecule has 1 aromatic carbocycles. The van der Waals surface area contributed by atoms with Crippen LogP contribution in [0.2, 0.25) is 0 Å². The summed E-state index contributed by atoms with van der Waals surface area (Å²) < 4.78 is 5.33. The molecule has 0 bridgehead atoms. The minimum atomic E-state index is -0.422. The smallest absolute Gasteiger partial charge is 0.348 e. The van der Waals surface area contributed by atoms with Crippen LogP contribution in [0.4, 0.5) is 0 Å². The van der Waals surface area contributed by atoms with Gasteiger partial charge < -0.3 is 9.84 Å². The normalized spacial score (nSPS) is 20.3. The van der Waals surface area contributed by atoms with Crippen LogP contribution >= 0.6 is 11.8 Å². The van der Waals surface area contributed by atoms with Gasteiger partial charge in [-0.2, -0.15) is 0 Å². The number of carbonyl (C=O) groups excluding carboxylic acids is 1. The third kappa shape index (κ3) is 2.64. The molecule has 2 rings (SSSR count). The highest BCUT2D eigenvalue weighted by Gasteiger charge is 2.29. The second-order valence-corrected chi connectivity index (χ2v) is 4.99. The van der Waals surface area contributed by atoms with Gasteiger partial charge in [-0.15, -0.1) is 11.8 Å². The number of hydrogen-bond donors (Lipinski definition) is 1. The first-order valence-corrected chi connectivity index (χ1v) is 6.51. The fourth-order valence-corrected chi connectivity index (χ4v) is 2.46. The minimum absolute atomic E-state index is 0.141. The van der Waals surface area contributed by atoms with Crippen LogP contribution in [0.25, 0.3) is 0 Å². The van der Waals surface area contributed by atoms with E-state index in [-0.39, 0.29) is 11.9 Å². The highest BCUT2D eigenvalue weighted by molar-refractivity contribution is 8.03. The summed E-state index contributed by atoms with van der Waals surface area (Å²) in [7, 11) is 0. The van der Waals surface area contributed by atoms with Gasteiger partial charge in [0.2, 0.25) is 0 Å². The van der Waals surface area contributed by atoms with Gasteiger partial charge in [-0.3, -0.25) is 0 Å². The summed E-state index contributed by atoms with van der Waals surface area (Å²) in [6.45, 7) is 1.93. The molecule has 0 spiro atoms. The molecule has 0 saturated heterocycles. The molecule has 0 amide bonds. The van der Waals surface area contributed by atoms with Crippen molar-refractivity contribution in [2.24, 2.45) is 0 Å². The van der Waals surface area contributed by atoms with Crippen molar-refractivity contribution in [2.75, 3.05) is 5.75 Å². The highest BCUT2D eigenvalue weighted by Crippen LogP contribution is 2.35. The van der Waals surface area contributed by atoms with Crippen molar-refractivity contribution >= 4 is 17.7 Å². The lowest BCUT2D eigenvalue weighted by atomic mass is 10.0. The van der Waals surface area contributed by atoms with Crippen LogP contribution in [0.1, 0.15) is 25.0 Å². The van der Waals surface area contributed by atoms with Crippen LogP contribution in [-0.4, -0.2) is 16.8 Å². The van der Waals surface area contributed by atoms with Crippen molar-refractivity contribution in [1.29, 1.82) is 0 Å². The molecule has 0 fully saturated rings. The second-order valence-electron chi connectivity index (χ2n) is 3.72. The number of carbonyl (C=O) groups is 1. The first-order valence-electron chi connectivity index (χ1n) is 5.53. The maximum atomic E-state index is 11.7. The Morgan fingerprint density at radius 1 is 1.41 bits per heavy atom. The van der Waals surface area contributed by atoms with E-state index in [9.17, 15) is 9.90 Å². The van der Waals surface area contributed by atoms with Gasteiger partial charge in [-0.25, -0.2) is 4.79 Å². The lowest BCUT2D eigenvalue weighted by Crippen LogP contribution is -2.20. The van der Waals surface area contributed by atoms with Crippen LogP contribution in [0.3, 0.4) is 0 Å². The quantitative estimate of drug-likeness (QED) is 0.837. The largest absolute Gasteiger partial charge is 0.511 e. The van der Waals surface area contributed by atoms with E-state index < -0.39 is 5.97 Å². The molecule has 90 valence electrons. The van der Waals surface area contributed by atoms with Crippen LogP contribution in [0.15, 0.2) is 41.0 Å². The predicted molar refractivity (Wildman–Crippen MR) is 67.7 cm³/mol. The molecule has 17 heavy (non-hydrogen) atoms. The fraction of sp³-hybridized carbons (Fsp3) is 0.308. The van der Waals surface area contributed by atoms with E-state index in [0.29, 0.717) is 11.3 Å². The number of hydrogen-bond acceptors (Lipinski definition) is 4. The molecule has 3 nitrogen and oxygen atoms in total. The number of ether oxygens (including phenoxy) is 1. The molecule has 1 atom stereocenters. The molecular weight excluding hydrogens is 236 g/mol. The molecule has 0 aromatic heterocycles. The van der Waals surface area contributed by atoms with E-state index in [4.69, 9.17) is 4.74 Å². The molecule has 1 N–H and O–H groups in total. The van der Waals surface area contributed by atoms with Crippen molar-refractivity contribution in [3.63, 3.8) is 0 Å². The third-order valence-electron chi connectivity index (χ3n) is 2.54. The zero-order valence-electron chi connectivity index (χ0n) is 9.55. The van der Waals surface area contributed by atoms with Crippen LogP contribution < -0.4 is 0 Å². The Hall–Kier alpha value is -1.42. The van der Waals surface area contributed by atoms with Gasteiger partial charge in [-0.05, 0) is 11.3 Å². The Morgan fingerprint density at radius 2 is 2.12 bits per heavy atom. The lowest BCUT2D eigenvalue weighted by Gasteiger charge is -2.24. The molecule has 1 unspecified atom stereocenters. The Morgan fingerprint density at radius 3 is 2.71 bits per heavy atom. The molecule has 1 aliphatic heterocycles. The summed E-state index contributed by atoms with van der Waals surface area (Å²) in [4.78, 5) is 12.1. The monoisotopic (exact) mass is 250 g/mol. The maximum Gasteiger partial charge on any atom is 0.348 e. The Balaban J connectivity index is 2.20. The molecule has 1 heterocycles. The van der Waals surface area contributed by atoms with E-state index in [2.05, 4.69) is 0 Å². The van der Waals surface area contributed by atoms with Gasteiger partial charge in [0.15, 0.2) is 0 Å². The van der Waals surface area contributed by atoms with Gasteiger partial charge in [0.05, 0.1) is 0 Å². The second kappa shape index (κ2) is 5.27. The number of cyclic esters (lactones) is 1. The van der Waals surface area contributed by atoms with Crippen molar-refractivity contribution in [3.05, 3.63) is 46.6 Å². The Labute approximate surface area is 104 Å². The molecule has 0 aliphatic carbocycles. The van der Waals surface area contributed by atoms with Crippen molar-refractivity contribution in [3.8, 4) is 0 Å². The summed E-state index contributed by atoms with van der Waals surface area (Å²) in [5.74, 6) is 0.459. The van der Waals surface area contributed by atoms with E-state index in [1.807, 2.05) is 37.3 Å². The first-order chi connectivity index (χ1) is 8.22. The van der Waals surface area contributed by atoms with Crippen molar-refractivity contribution < 1.29 is 14.6 Å². The lowest BCUT2D eigenvalue weighted by molar-refractivity contribution is -0.146. The van der Waals surface area contributed by atoms with Crippen LogP contribution in [-0.2, 0) is 9.53 Å². The number of benzene rings is 1. The first kappa shape index (κ1) is 12.0. The summed E-state index contributed by atoms with van der Waals surface area (Å²) in [5.41, 5.74) is 0.910. The predicted octanol–water partition coefficient (Wildman–Crippen LogP) is 3.20. The van der Waals surface area contributed by atoms with Gasteiger partial charge in [0.25, 0.3) is 0 Å². The van der Waals surface area contributed by atoms with E-state index >= 15 is 0 Å². The molecule has 0 radical (unpaired) electrons. The van der Waals surface area contributed by atoms with Crippen molar-refractivity contribution in [2.45, 2.75) is 19.4 Å². The molecule has 0 saturated carbocycles. The Bertz CT molecular complexity index is 439. The molecule has 4 heteroatoms. The Kier molecular flexibility index (Phi) is 3.74. The number of rotatable bonds is 3. The summed E-state index contributed by atoms with van der Waals surface area (Å²) in [6, 6.07) is 9.47. The van der Waals surface area contributed by atoms with E-state index in [1.165, 1.54) is 11.8 Å². The fourth-order valence-electron chi connectivity index (χ4n) is 1.75.